The quantitative estimate of drug-likeness (QED) is 0.204. The molecule has 4 aromatic rings. The van der Waals surface area contributed by atoms with E-state index in [0.717, 1.165) is 24.4 Å². The number of carbonyl (C=O) groups excluding carboxylic acids is 2. The van der Waals surface area contributed by atoms with E-state index >= 15 is 4.39 Å². The summed E-state index contributed by atoms with van der Waals surface area (Å²) >= 11 is 0. The Morgan fingerprint density at radius 2 is 1.64 bits per heavy atom. The average Bonchev–Trinajstić information content (AvgIpc) is 3.03. The number of ether oxygens (including phenoxy) is 1. The van der Waals surface area contributed by atoms with Crippen molar-refractivity contribution in [1.29, 1.82) is 0 Å². The standard InChI is InChI=1S/C35H33F4N3O3/c36-26-8-6-23(7-9-26)33(24-14-27(37)17-28(38)15-24)18-30(43)16-25-19-41-21-34(39)32(25)11-10-29-20-40-12-13-42(29)35(44)22-45-31-4-2-1-3-5-31/h1-9,14-15,17,19,21,29,33,40H,10-13,16,18,20,22H2/t29-,33-/m0/s1. The van der Waals surface area contributed by atoms with Gasteiger partial charge in [-0.25, -0.2) is 17.6 Å². The Balaban J connectivity index is 1.28. The number of benzene rings is 3. The molecule has 5 rings (SSSR count). The third kappa shape index (κ3) is 8.54. The van der Waals surface area contributed by atoms with Crippen LogP contribution in [0.4, 0.5) is 17.6 Å². The van der Waals surface area contributed by atoms with Crippen LogP contribution in [0.1, 0.15) is 41.0 Å². The van der Waals surface area contributed by atoms with Crippen molar-refractivity contribution in [3.63, 3.8) is 0 Å². The molecule has 234 valence electrons. The molecule has 1 amide bonds. The second-order valence-corrected chi connectivity index (χ2v) is 11.1. The van der Waals surface area contributed by atoms with Gasteiger partial charge in [-0.2, -0.15) is 0 Å². The number of nitrogens with one attached hydrogen (secondary N) is 1. The van der Waals surface area contributed by atoms with E-state index in [0.29, 0.717) is 48.5 Å². The fraction of sp³-hybridized carbons (Fsp3) is 0.286. The molecule has 0 aliphatic carbocycles. The number of aromatic nitrogens is 1. The normalized spacial score (nSPS) is 15.5. The van der Waals surface area contributed by atoms with Crippen LogP contribution in [-0.2, 0) is 22.4 Å². The highest BCUT2D eigenvalue weighted by molar-refractivity contribution is 5.82. The third-order valence-electron chi connectivity index (χ3n) is 7.98. The number of carbonyl (C=O) groups is 2. The van der Waals surface area contributed by atoms with Crippen LogP contribution in [0.3, 0.4) is 0 Å². The molecule has 1 N–H and O–H groups in total. The van der Waals surface area contributed by atoms with Gasteiger partial charge in [-0.3, -0.25) is 14.6 Å². The molecule has 0 bridgehead atoms. The zero-order valence-electron chi connectivity index (χ0n) is 24.5. The summed E-state index contributed by atoms with van der Waals surface area (Å²) in [5.41, 5.74) is 1.47. The Kier molecular flexibility index (Phi) is 10.6. The number of hydrogen-bond acceptors (Lipinski definition) is 5. The van der Waals surface area contributed by atoms with Gasteiger partial charge in [0.25, 0.3) is 5.91 Å². The van der Waals surface area contributed by atoms with E-state index in [1.54, 1.807) is 17.0 Å². The van der Waals surface area contributed by atoms with Gasteiger partial charge in [-0.15, -0.1) is 0 Å². The summed E-state index contributed by atoms with van der Waals surface area (Å²) in [6.45, 7) is 1.52. The van der Waals surface area contributed by atoms with Crippen LogP contribution in [0.25, 0.3) is 0 Å². The second kappa shape index (κ2) is 14.9. The molecule has 2 heterocycles. The van der Waals surface area contributed by atoms with E-state index in [4.69, 9.17) is 4.74 Å². The molecule has 45 heavy (non-hydrogen) atoms. The maximum atomic E-state index is 15.1. The van der Waals surface area contributed by atoms with Gasteiger partial charge in [-0.05, 0) is 71.5 Å². The first-order chi connectivity index (χ1) is 21.8. The minimum Gasteiger partial charge on any atom is -0.484 e. The Labute approximate surface area is 259 Å². The highest BCUT2D eigenvalue weighted by atomic mass is 19.1. The first kappa shape index (κ1) is 31.8. The highest BCUT2D eigenvalue weighted by Crippen LogP contribution is 2.31. The summed E-state index contributed by atoms with van der Waals surface area (Å²) in [6.07, 6.45) is 2.92. The van der Waals surface area contributed by atoms with Gasteiger partial charge in [0.05, 0.1) is 6.20 Å². The number of Topliss-reactive ketones (excluding diaryl/α,β-unsaturated/α-hetero) is 1. The molecule has 1 aromatic heterocycles. The number of amides is 1. The number of nitrogens with zero attached hydrogens (tertiary/aromatic N) is 2. The van der Waals surface area contributed by atoms with Crippen LogP contribution in [-0.4, -0.2) is 53.9 Å². The number of ketones is 1. The Hall–Kier alpha value is -4.57. The molecule has 0 radical (unpaired) electrons. The number of para-hydroxylation sites is 1. The van der Waals surface area contributed by atoms with E-state index in [1.165, 1.54) is 30.5 Å². The van der Waals surface area contributed by atoms with Gasteiger partial charge in [-0.1, -0.05) is 30.3 Å². The molecule has 0 saturated carbocycles. The van der Waals surface area contributed by atoms with Crippen LogP contribution in [0, 0.1) is 23.3 Å². The smallest absolute Gasteiger partial charge is 0.260 e. The predicted molar refractivity (Wildman–Crippen MR) is 161 cm³/mol. The predicted octanol–water partition coefficient (Wildman–Crippen LogP) is 5.78. The second-order valence-electron chi connectivity index (χ2n) is 11.1. The highest BCUT2D eigenvalue weighted by Gasteiger charge is 2.28. The molecule has 1 fully saturated rings. The van der Waals surface area contributed by atoms with Crippen molar-refractivity contribution in [3.8, 4) is 5.75 Å². The molecule has 6 nitrogen and oxygen atoms in total. The first-order valence-electron chi connectivity index (χ1n) is 14.8. The van der Waals surface area contributed by atoms with Gasteiger partial charge < -0.3 is 15.0 Å². The summed E-state index contributed by atoms with van der Waals surface area (Å²) in [4.78, 5) is 32.2. The molecule has 10 heteroatoms. The molecule has 1 aliphatic rings. The van der Waals surface area contributed by atoms with Gasteiger partial charge in [0.2, 0.25) is 0 Å². The number of halogens is 4. The minimum atomic E-state index is -0.794. The summed E-state index contributed by atoms with van der Waals surface area (Å²) < 4.78 is 62.6. The lowest BCUT2D eigenvalue weighted by atomic mass is 9.85. The summed E-state index contributed by atoms with van der Waals surface area (Å²) in [5.74, 6) is -3.27. The van der Waals surface area contributed by atoms with Gasteiger partial charge in [0.1, 0.15) is 34.8 Å². The van der Waals surface area contributed by atoms with Crippen molar-refractivity contribution in [3.05, 3.63) is 131 Å². The lowest BCUT2D eigenvalue weighted by Gasteiger charge is -2.36. The summed E-state index contributed by atoms with van der Waals surface area (Å²) in [6, 6.07) is 17.3. The fourth-order valence-corrected chi connectivity index (χ4v) is 5.75. The van der Waals surface area contributed by atoms with Crippen LogP contribution in [0.5, 0.6) is 5.75 Å². The van der Waals surface area contributed by atoms with Crippen molar-refractivity contribution in [2.24, 2.45) is 0 Å². The van der Waals surface area contributed by atoms with Gasteiger partial charge in [0.15, 0.2) is 6.61 Å². The van der Waals surface area contributed by atoms with Crippen LogP contribution >= 0.6 is 0 Å². The average molecular weight is 620 g/mol. The Morgan fingerprint density at radius 3 is 2.38 bits per heavy atom. The number of pyridine rings is 1. The molecule has 0 spiro atoms. The molecule has 1 saturated heterocycles. The van der Waals surface area contributed by atoms with Crippen LogP contribution < -0.4 is 10.1 Å². The molecule has 0 unspecified atom stereocenters. The molecule has 2 atom stereocenters. The maximum Gasteiger partial charge on any atom is 0.260 e. The zero-order valence-corrected chi connectivity index (χ0v) is 24.5. The SMILES string of the molecule is O=C(Cc1cncc(F)c1CC[C@H]1CNCCN1C(=O)COc1ccccc1)C[C@@H](c1ccc(F)cc1)c1cc(F)cc(F)c1. The lowest BCUT2D eigenvalue weighted by molar-refractivity contribution is -0.136. The molecular weight excluding hydrogens is 586 g/mol. The lowest BCUT2D eigenvalue weighted by Crippen LogP contribution is -2.54. The minimum absolute atomic E-state index is 0.117. The van der Waals surface area contributed by atoms with Gasteiger partial charge in [0, 0.05) is 56.7 Å². The van der Waals surface area contributed by atoms with Crippen LogP contribution in [0.2, 0.25) is 0 Å². The monoisotopic (exact) mass is 619 g/mol. The fourth-order valence-electron chi connectivity index (χ4n) is 5.75. The van der Waals surface area contributed by atoms with Crippen molar-refractivity contribution in [1.82, 2.24) is 15.2 Å². The Morgan fingerprint density at radius 1 is 0.911 bits per heavy atom. The third-order valence-corrected chi connectivity index (χ3v) is 7.98. The van der Waals surface area contributed by atoms with E-state index in [1.807, 2.05) is 18.2 Å². The van der Waals surface area contributed by atoms with Crippen molar-refractivity contribution >= 4 is 11.7 Å². The van der Waals surface area contributed by atoms with Crippen molar-refractivity contribution < 1.29 is 31.9 Å². The molecule has 3 aromatic carbocycles. The summed E-state index contributed by atoms with van der Waals surface area (Å²) in [5, 5.41) is 3.28. The zero-order chi connectivity index (χ0) is 31.8. The summed E-state index contributed by atoms with van der Waals surface area (Å²) in [7, 11) is 0. The number of rotatable bonds is 12. The first-order valence-corrected chi connectivity index (χ1v) is 14.8. The van der Waals surface area contributed by atoms with Crippen molar-refractivity contribution in [2.75, 3.05) is 26.2 Å². The van der Waals surface area contributed by atoms with Gasteiger partial charge >= 0.3 is 0 Å². The van der Waals surface area contributed by atoms with Crippen molar-refractivity contribution in [2.45, 2.75) is 37.6 Å². The largest absolute Gasteiger partial charge is 0.484 e. The topological polar surface area (TPSA) is 71.5 Å². The van der Waals surface area contributed by atoms with E-state index in [2.05, 4.69) is 10.3 Å². The molecule has 1 aliphatic heterocycles. The van der Waals surface area contributed by atoms with Crippen LogP contribution in [0.15, 0.2) is 85.2 Å². The number of hydrogen-bond donors (Lipinski definition) is 1. The van der Waals surface area contributed by atoms with E-state index in [9.17, 15) is 22.8 Å². The van der Waals surface area contributed by atoms with E-state index < -0.39 is 29.2 Å². The molecular formula is C35H33F4N3O3. The number of piperazine rings is 1. The maximum absolute atomic E-state index is 15.1. The van der Waals surface area contributed by atoms with E-state index in [-0.39, 0.29) is 49.2 Å². The Bertz CT molecular complexity index is 1600.